The van der Waals surface area contributed by atoms with Crippen molar-refractivity contribution in [3.63, 3.8) is 0 Å². The first-order chi connectivity index (χ1) is 36.2. The van der Waals surface area contributed by atoms with Gasteiger partial charge in [0.1, 0.15) is 0 Å². The zero-order valence-electron chi connectivity index (χ0n) is 49.9. The van der Waals surface area contributed by atoms with E-state index in [-0.39, 0.29) is 12.5 Å². The molecule has 0 rings (SSSR count). The second kappa shape index (κ2) is 64.9. The maximum atomic E-state index is 12.5. The van der Waals surface area contributed by atoms with Crippen molar-refractivity contribution in [1.82, 2.24) is 5.32 Å². The third kappa shape index (κ3) is 61.3. The molecule has 432 valence electrons. The minimum Gasteiger partial charge on any atom is -0.394 e. The van der Waals surface area contributed by atoms with E-state index in [0.29, 0.717) is 6.42 Å². The molecule has 1 amide bonds. The van der Waals surface area contributed by atoms with E-state index in [2.05, 4.69) is 43.5 Å². The van der Waals surface area contributed by atoms with Crippen molar-refractivity contribution in [1.29, 1.82) is 0 Å². The Kier molecular flexibility index (Phi) is 63.7. The molecule has 2 unspecified atom stereocenters. The SMILES string of the molecule is CCCCCCCCCCCCCCCCC/C=C\C/C=C\CCCCCCCCCCCCCCCCCCCC(=O)NC(CO)C(O)/C=C/CCCCCCCCCCCCCCCCCCCCCC. The van der Waals surface area contributed by atoms with Crippen LogP contribution in [0.4, 0.5) is 0 Å². The average molecular weight is 1020 g/mol. The number of carbonyl (C=O) groups excluding carboxylic acids is 1. The van der Waals surface area contributed by atoms with Crippen LogP contribution in [0.15, 0.2) is 36.5 Å². The molecule has 0 saturated carbocycles. The van der Waals surface area contributed by atoms with Gasteiger partial charge in [0.25, 0.3) is 0 Å². The van der Waals surface area contributed by atoms with Crippen molar-refractivity contribution in [3.8, 4) is 0 Å². The zero-order valence-corrected chi connectivity index (χ0v) is 49.9. The van der Waals surface area contributed by atoms with Gasteiger partial charge in [-0.15, -0.1) is 0 Å². The molecule has 0 aliphatic heterocycles. The lowest BCUT2D eigenvalue weighted by Crippen LogP contribution is -2.45. The van der Waals surface area contributed by atoms with Gasteiger partial charge in [0.2, 0.25) is 5.91 Å². The van der Waals surface area contributed by atoms with E-state index in [1.807, 2.05) is 6.08 Å². The summed E-state index contributed by atoms with van der Waals surface area (Å²) in [5.74, 6) is -0.0574. The minimum absolute atomic E-state index is 0.0574. The van der Waals surface area contributed by atoms with Gasteiger partial charge >= 0.3 is 0 Å². The summed E-state index contributed by atoms with van der Waals surface area (Å²) in [5.41, 5.74) is 0. The monoisotopic (exact) mass is 1020 g/mol. The Morgan fingerprint density at radius 2 is 0.562 bits per heavy atom. The molecule has 73 heavy (non-hydrogen) atoms. The Hall–Kier alpha value is -1.39. The summed E-state index contributed by atoms with van der Waals surface area (Å²) in [6.07, 6.45) is 89.4. The molecular formula is C69H133NO3. The normalized spacial score (nSPS) is 12.9. The number of carbonyl (C=O) groups is 1. The number of aliphatic hydroxyl groups excluding tert-OH is 2. The molecule has 4 nitrogen and oxygen atoms in total. The summed E-state index contributed by atoms with van der Waals surface area (Å²) in [6.45, 7) is 4.36. The van der Waals surface area contributed by atoms with Gasteiger partial charge in [0.05, 0.1) is 18.8 Å². The maximum absolute atomic E-state index is 12.5. The third-order valence-corrected chi connectivity index (χ3v) is 15.9. The Morgan fingerprint density at radius 1 is 0.329 bits per heavy atom. The largest absolute Gasteiger partial charge is 0.394 e. The van der Waals surface area contributed by atoms with Gasteiger partial charge in [0.15, 0.2) is 0 Å². The smallest absolute Gasteiger partial charge is 0.220 e. The Morgan fingerprint density at radius 3 is 0.822 bits per heavy atom. The second-order valence-electron chi connectivity index (χ2n) is 23.2. The number of hydrogen-bond acceptors (Lipinski definition) is 3. The highest BCUT2D eigenvalue weighted by Crippen LogP contribution is 2.18. The van der Waals surface area contributed by atoms with E-state index >= 15 is 0 Å². The van der Waals surface area contributed by atoms with Crippen LogP contribution in [0, 0.1) is 0 Å². The van der Waals surface area contributed by atoms with Crippen molar-refractivity contribution >= 4 is 5.91 Å². The van der Waals surface area contributed by atoms with Crippen LogP contribution in [0.25, 0.3) is 0 Å². The van der Waals surface area contributed by atoms with Gasteiger partial charge in [-0.05, 0) is 51.4 Å². The first kappa shape index (κ1) is 71.6. The molecule has 0 bridgehead atoms. The predicted octanol–water partition coefficient (Wildman–Crippen LogP) is 22.8. The fourth-order valence-corrected chi connectivity index (χ4v) is 10.7. The quantitative estimate of drug-likeness (QED) is 0.0420. The molecule has 3 N–H and O–H groups in total. The van der Waals surface area contributed by atoms with Crippen LogP contribution < -0.4 is 5.32 Å². The first-order valence-corrected chi connectivity index (χ1v) is 33.7. The molecule has 0 aromatic heterocycles. The Balaban J connectivity index is 3.42. The summed E-state index contributed by atoms with van der Waals surface area (Å²) in [4.78, 5) is 12.5. The average Bonchev–Trinajstić information content (AvgIpc) is 3.40. The summed E-state index contributed by atoms with van der Waals surface area (Å²) in [5, 5.41) is 23.3. The van der Waals surface area contributed by atoms with Gasteiger partial charge in [0, 0.05) is 6.42 Å². The fraction of sp³-hybridized carbons (Fsp3) is 0.899. The highest BCUT2D eigenvalue weighted by atomic mass is 16.3. The van der Waals surface area contributed by atoms with Crippen LogP contribution in [-0.2, 0) is 4.79 Å². The third-order valence-electron chi connectivity index (χ3n) is 15.9. The van der Waals surface area contributed by atoms with Crippen LogP contribution in [-0.4, -0.2) is 34.9 Å². The lowest BCUT2D eigenvalue weighted by molar-refractivity contribution is -0.123. The zero-order chi connectivity index (χ0) is 52.7. The molecular weight excluding hydrogens is 891 g/mol. The fourth-order valence-electron chi connectivity index (χ4n) is 10.7. The first-order valence-electron chi connectivity index (χ1n) is 33.7. The number of amides is 1. The van der Waals surface area contributed by atoms with Crippen molar-refractivity contribution in [3.05, 3.63) is 36.5 Å². The minimum atomic E-state index is -0.839. The highest BCUT2D eigenvalue weighted by molar-refractivity contribution is 5.76. The molecule has 0 aromatic carbocycles. The van der Waals surface area contributed by atoms with Crippen LogP contribution in [0.2, 0.25) is 0 Å². The van der Waals surface area contributed by atoms with Crippen LogP contribution >= 0.6 is 0 Å². The van der Waals surface area contributed by atoms with E-state index < -0.39 is 12.1 Å². The van der Waals surface area contributed by atoms with Gasteiger partial charge in [-0.1, -0.05) is 359 Å². The molecule has 0 heterocycles. The number of unbranched alkanes of at least 4 members (excludes halogenated alkanes) is 52. The van der Waals surface area contributed by atoms with Crippen molar-refractivity contribution in [2.45, 2.75) is 392 Å². The Bertz CT molecular complexity index is 1110. The van der Waals surface area contributed by atoms with Crippen LogP contribution in [0.1, 0.15) is 380 Å². The molecule has 2 atom stereocenters. The summed E-state index contributed by atoms with van der Waals surface area (Å²) >= 11 is 0. The number of aliphatic hydroxyl groups is 2. The van der Waals surface area contributed by atoms with E-state index in [0.717, 1.165) is 32.1 Å². The lowest BCUT2D eigenvalue weighted by atomic mass is 10.0. The van der Waals surface area contributed by atoms with Gasteiger partial charge < -0.3 is 15.5 Å². The predicted molar refractivity (Wildman–Crippen MR) is 327 cm³/mol. The van der Waals surface area contributed by atoms with Crippen molar-refractivity contribution < 1.29 is 15.0 Å². The highest BCUT2D eigenvalue weighted by Gasteiger charge is 2.18. The summed E-state index contributed by atoms with van der Waals surface area (Å²) in [7, 11) is 0. The molecule has 0 spiro atoms. The van der Waals surface area contributed by atoms with Gasteiger partial charge in [-0.2, -0.15) is 0 Å². The van der Waals surface area contributed by atoms with E-state index in [9.17, 15) is 15.0 Å². The lowest BCUT2D eigenvalue weighted by Gasteiger charge is -2.20. The number of hydrogen-bond donors (Lipinski definition) is 3. The Labute approximate surface area is 459 Å². The van der Waals surface area contributed by atoms with Gasteiger partial charge in [-0.3, -0.25) is 4.79 Å². The topological polar surface area (TPSA) is 69.6 Å². The molecule has 0 aromatic rings. The van der Waals surface area contributed by atoms with Crippen LogP contribution in [0.3, 0.4) is 0 Å². The van der Waals surface area contributed by atoms with Crippen LogP contribution in [0.5, 0.6) is 0 Å². The molecule has 4 heteroatoms. The standard InChI is InChI=1S/C69H133NO3/c1-3-5-7-9-11-13-15-17-19-21-23-25-27-28-29-30-31-32-33-34-35-36-37-38-39-40-41-42-43-45-47-49-51-53-55-57-59-61-63-65-69(73)70-67(66-71)68(72)64-62-60-58-56-54-52-50-48-46-44-26-24-22-20-18-16-14-12-10-8-6-4-2/h31-32,34-35,62,64,67-68,71-72H,3-30,33,36-61,63,65-66H2,1-2H3,(H,70,73)/b32-31-,35-34-,64-62+. The molecule has 0 radical (unpaired) electrons. The van der Waals surface area contributed by atoms with Crippen molar-refractivity contribution in [2.24, 2.45) is 0 Å². The second-order valence-corrected chi connectivity index (χ2v) is 23.2. The van der Waals surface area contributed by atoms with Crippen molar-refractivity contribution in [2.75, 3.05) is 6.61 Å². The molecule has 0 aliphatic carbocycles. The molecule has 0 saturated heterocycles. The number of allylic oxidation sites excluding steroid dienone is 5. The summed E-state index contributed by atoms with van der Waals surface area (Å²) < 4.78 is 0. The van der Waals surface area contributed by atoms with Gasteiger partial charge in [-0.25, -0.2) is 0 Å². The van der Waals surface area contributed by atoms with E-state index in [4.69, 9.17) is 0 Å². The molecule has 0 fully saturated rings. The molecule has 0 aliphatic rings. The number of nitrogens with one attached hydrogen (secondary N) is 1. The maximum Gasteiger partial charge on any atom is 0.220 e. The number of rotatable bonds is 63. The summed E-state index contributed by atoms with van der Waals surface area (Å²) in [6, 6.07) is -0.622. The van der Waals surface area contributed by atoms with E-state index in [1.165, 1.54) is 327 Å². The van der Waals surface area contributed by atoms with E-state index in [1.54, 1.807) is 6.08 Å².